The van der Waals surface area contributed by atoms with Gasteiger partial charge in [-0.3, -0.25) is 4.90 Å². The van der Waals surface area contributed by atoms with Gasteiger partial charge in [0, 0.05) is 19.1 Å². The fourth-order valence-electron chi connectivity index (χ4n) is 3.43. The van der Waals surface area contributed by atoms with Crippen LogP contribution in [0.25, 0.3) is 0 Å². The number of hydrogen-bond donors (Lipinski definition) is 0. The summed E-state index contributed by atoms with van der Waals surface area (Å²) in [7, 11) is 0. The molecule has 1 aliphatic heterocycles. The van der Waals surface area contributed by atoms with E-state index in [4.69, 9.17) is 0 Å². The van der Waals surface area contributed by atoms with Gasteiger partial charge in [-0.2, -0.15) is 0 Å². The first-order valence-corrected chi connectivity index (χ1v) is 7.61. The Morgan fingerprint density at radius 3 is 2.45 bits per heavy atom. The second kappa shape index (κ2) is 5.80. The fourth-order valence-corrected chi connectivity index (χ4v) is 3.43. The number of benzene rings is 2. The largest absolute Gasteiger partial charge is 0.291 e. The second-order valence-electron chi connectivity index (χ2n) is 6.09. The molecule has 1 aliphatic rings. The molecule has 1 nitrogen and oxygen atoms in total. The summed E-state index contributed by atoms with van der Waals surface area (Å²) in [5, 5.41) is 0. The first kappa shape index (κ1) is 13.4. The minimum atomic E-state index is 0.542. The van der Waals surface area contributed by atoms with Crippen LogP contribution >= 0.6 is 0 Å². The molecule has 1 atom stereocenters. The van der Waals surface area contributed by atoms with Crippen molar-refractivity contribution in [2.75, 3.05) is 6.54 Å². The molecule has 0 saturated carbocycles. The molecule has 0 bridgehead atoms. The molecule has 0 N–H and O–H groups in total. The first-order chi connectivity index (χ1) is 9.75. The van der Waals surface area contributed by atoms with Crippen molar-refractivity contribution >= 4 is 0 Å². The first-order valence-electron chi connectivity index (χ1n) is 7.61. The smallest absolute Gasteiger partial charge is 0.0377 e. The molecule has 0 spiro atoms. The molecule has 0 amide bonds. The zero-order chi connectivity index (χ0) is 13.9. The van der Waals surface area contributed by atoms with E-state index in [1.165, 1.54) is 23.1 Å². The van der Waals surface area contributed by atoms with Gasteiger partial charge in [-0.1, -0.05) is 68.4 Å². The molecular weight excluding hydrogens is 242 g/mol. The van der Waals surface area contributed by atoms with Crippen LogP contribution in [0.1, 0.15) is 36.6 Å². The molecule has 0 radical (unpaired) electrons. The summed E-state index contributed by atoms with van der Waals surface area (Å²) in [6.07, 6.45) is 1.17. The normalized spacial score (nSPS) is 19.1. The van der Waals surface area contributed by atoms with Gasteiger partial charge in [-0.25, -0.2) is 0 Å². The van der Waals surface area contributed by atoms with Crippen LogP contribution in [-0.4, -0.2) is 11.4 Å². The molecule has 3 rings (SSSR count). The van der Waals surface area contributed by atoms with Gasteiger partial charge in [0.2, 0.25) is 0 Å². The monoisotopic (exact) mass is 265 g/mol. The summed E-state index contributed by atoms with van der Waals surface area (Å²) in [6, 6.07) is 20.3. The lowest BCUT2D eigenvalue weighted by Crippen LogP contribution is -2.37. The molecule has 2 aromatic rings. The van der Waals surface area contributed by atoms with Gasteiger partial charge in [0.15, 0.2) is 0 Å². The molecule has 0 aromatic heterocycles. The van der Waals surface area contributed by atoms with E-state index in [0.29, 0.717) is 12.0 Å². The Morgan fingerprint density at radius 2 is 1.70 bits per heavy atom. The Labute approximate surface area is 122 Å². The molecule has 2 aromatic carbocycles. The van der Waals surface area contributed by atoms with Crippen LogP contribution in [0.15, 0.2) is 54.6 Å². The van der Waals surface area contributed by atoms with Gasteiger partial charge in [0.25, 0.3) is 0 Å². The summed E-state index contributed by atoms with van der Waals surface area (Å²) in [6.45, 7) is 6.89. The summed E-state index contributed by atoms with van der Waals surface area (Å²) >= 11 is 0. The molecule has 0 aliphatic carbocycles. The van der Waals surface area contributed by atoms with Crippen molar-refractivity contribution in [1.29, 1.82) is 0 Å². The number of hydrogen-bond acceptors (Lipinski definition) is 1. The van der Waals surface area contributed by atoms with E-state index in [1.54, 1.807) is 0 Å². The van der Waals surface area contributed by atoms with E-state index in [-0.39, 0.29) is 0 Å². The average Bonchev–Trinajstić information content (AvgIpc) is 2.47. The summed E-state index contributed by atoms with van der Waals surface area (Å²) < 4.78 is 0. The van der Waals surface area contributed by atoms with Crippen molar-refractivity contribution in [2.45, 2.75) is 32.9 Å². The molecule has 1 heteroatoms. The highest BCUT2D eigenvalue weighted by Crippen LogP contribution is 2.35. The maximum atomic E-state index is 2.64. The van der Waals surface area contributed by atoms with Gasteiger partial charge in [-0.05, 0) is 29.0 Å². The molecule has 0 saturated heterocycles. The topological polar surface area (TPSA) is 3.24 Å². The molecule has 104 valence electrons. The number of nitrogens with zero attached hydrogens (tertiary/aromatic N) is 1. The standard InChI is InChI=1S/C19H23N/c1-15(2)19-18-11-7-6-10-17(18)12-13-20(19)14-16-8-4-3-5-9-16/h3-11,15,19H,12-14H2,1-2H3. The minimum absolute atomic E-state index is 0.542. The van der Waals surface area contributed by atoms with Crippen molar-refractivity contribution in [3.05, 3.63) is 71.3 Å². The zero-order valence-electron chi connectivity index (χ0n) is 12.4. The maximum absolute atomic E-state index is 2.64. The third kappa shape index (κ3) is 2.64. The van der Waals surface area contributed by atoms with Crippen molar-refractivity contribution in [2.24, 2.45) is 5.92 Å². The van der Waals surface area contributed by atoms with Crippen molar-refractivity contribution in [3.8, 4) is 0 Å². The Balaban J connectivity index is 1.89. The molecule has 1 heterocycles. The molecular formula is C19H23N. The lowest BCUT2D eigenvalue weighted by atomic mass is 9.86. The predicted molar refractivity (Wildman–Crippen MR) is 84.6 cm³/mol. The van der Waals surface area contributed by atoms with Gasteiger partial charge >= 0.3 is 0 Å². The van der Waals surface area contributed by atoms with E-state index in [1.807, 2.05) is 0 Å². The summed E-state index contributed by atoms with van der Waals surface area (Å²) in [4.78, 5) is 2.64. The van der Waals surface area contributed by atoms with E-state index < -0.39 is 0 Å². The van der Waals surface area contributed by atoms with E-state index in [9.17, 15) is 0 Å². The third-order valence-corrected chi connectivity index (χ3v) is 4.30. The van der Waals surface area contributed by atoms with Gasteiger partial charge in [0.1, 0.15) is 0 Å². The lowest BCUT2D eigenvalue weighted by molar-refractivity contribution is 0.136. The van der Waals surface area contributed by atoms with Crippen molar-refractivity contribution in [1.82, 2.24) is 4.90 Å². The second-order valence-corrected chi connectivity index (χ2v) is 6.09. The summed E-state index contributed by atoms with van der Waals surface area (Å²) in [5.41, 5.74) is 4.48. The third-order valence-electron chi connectivity index (χ3n) is 4.30. The lowest BCUT2D eigenvalue weighted by Gasteiger charge is -2.39. The van der Waals surface area contributed by atoms with Gasteiger partial charge in [0.05, 0.1) is 0 Å². The van der Waals surface area contributed by atoms with E-state index in [0.717, 1.165) is 13.1 Å². The minimum Gasteiger partial charge on any atom is -0.291 e. The van der Waals surface area contributed by atoms with Crippen LogP contribution in [0.5, 0.6) is 0 Å². The van der Waals surface area contributed by atoms with Crippen LogP contribution in [0, 0.1) is 5.92 Å². The average molecular weight is 265 g/mol. The highest BCUT2D eigenvalue weighted by molar-refractivity contribution is 5.33. The molecule has 20 heavy (non-hydrogen) atoms. The highest BCUT2D eigenvalue weighted by atomic mass is 15.2. The van der Waals surface area contributed by atoms with Crippen LogP contribution in [0.3, 0.4) is 0 Å². The zero-order valence-corrected chi connectivity index (χ0v) is 12.4. The molecule has 1 unspecified atom stereocenters. The highest BCUT2D eigenvalue weighted by Gasteiger charge is 2.29. The van der Waals surface area contributed by atoms with E-state index >= 15 is 0 Å². The van der Waals surface area contributed by atoms with Crippen molar-refractivity contribution < 1.29 is 0 Å². The number of fused-ring (bicyclic) bond motifs is 1. The quantitative estimate of drug-likeness (QED) is 0.793. The van der Waals surface area contributed by atoms with Crippen molar-refractivity contribution in [3.63, 3.8) is 0 Å². The Kier molecular flexibility index (Phi) is 3.88. The van der Waals surface area contributed by atoms with Crippen LogP contribution in [0.2, 0.25) is 0 Å². The fraction of sp³-hybridized carbons (Fsp3) is 0.368. The summed E-state index contributed by atoms with van der Waals surface area (Å²) in [5.74, 6) is 0.639. The van der Waals surface area contributed by atoms with Gasteiger partial charge < -0.3 is 0 Å². The van der Waals surface area contributed by atoms with Gasteiger partial charge in [-0.15, -0.1) is 0 Å². The van der Waals surface area contributed by atoms with Crippen LogP contribution in [0.4, 0.5) is 0 Å². The van der Waals surface area contributed by atoms with Crippen LogP contribution < -0.4 is 0 Å². The number of rotatable bonds is 3. The van der Waals surface area contributed by atoms with Crippen LogP contribution in [-0.2, 0) is 13.0 Å². The van der Waals surface area contributed by atoms with E-state index in [2.05, 4.69) is 73.3 Å². The molecule has 0 fully saturated rings. The Bertz CT molecular complexity index is 559. The maximum Gasteiger partial charge on any atom is 0.0377 e. The predicted octanol–water partition coefficient (Wildman–Crippen LogP) is 4.44. The SMILES string of the molecule is CC(C)C1c2ccccc2CCN1Cc1ccccc1. The Hall–Kier alpha value is -1.60. The Morgan fingerprint density at radius 1 is 1.00 bits per heavy atom.